The number of carbonyl (C=O) groups excluding carboxylic acids is 1. The lowest BCUT2D eigenvalue weighted by atomic mass is 9.99. The quantitative estimate of drug-likeness (QED) is 0.801. The number of hydrogen-bond acceptors (Lipinski definition) is 4. The highest BCUT2D eigenvalue weighted by molar-refractivity contribution is 8.00. The Bertz CT molecular complexity index is 517. The van der Waals surface area contributed by atoms with Crippen molar-refractivity contribution >= 4 is 23.6 Å². The van der Waals surface area contributed by atoms with Crippen molar-refractivity contribution in [1.29, 1.82) is 0 Å². The largest absolute Gasteiger partial charge is 0.479 e. The number of nitrogens with one attached hydrogen (secondary N) is 1. The molecule has 0 saturated carbocycles. The van der Waals surface area contributed by atoms with E-state index in [0.29, 0.717) is 11.5 Å². The molecule has 1 amide bonds. The van der Waals surface area contributed by atoms with Gasteiger partial charge in [0.15, 0.2) is 5.54 Å². The Morgan fingerprint density at radius 3 is 2.80 bits per heavy atom. The van der Waals surface area contributed by atoms with E-state index >= 15 is 0 Å². The molecule has 0 aliphatic carbocycles. The molecule has 1 unspecified atom stereocenters. The van der Waals surface area contributed by atoms with Gasteiger partial charge in [-0.25, -0.2) is 9.18 Å². The molecule has 1 atom stereocenters. The molecule has 0 radical (unpaired) electrons. The molecule has 1 heterocycles. The normalized spacial score (nSPS) is 21.6. The Labute approximate surface area is 119 Å². The summed E-state index contributed by atoms with van der Waals surface area (Å²) in [6, 6.07) is 6.12. The van der Waals surface area contributed by atoms with Gasteiger partial charge in [0.25, 0.3) is 0 Å². The average molecular weight is 299 g/mol. The van der Waals surface area contributed by atoms with Gasteiger partial charge in [0.2, 0.25) is 5.91 Å². The third-order valence-electron chi connectivity index (χ3n) is 3.01. The summed E-state index contributed by atoms with van der Waals surface area (Å²) in [5.41, 5.74) is -1.35. The van der Waals surface area contributed by atoms with Gasteiger partial charge < -0.3 is 15.2 Å². The van der Waals surface area contributed by atoms with Gasteiger partial charge in [-0.1, -0.05) is 12.1 Å². The number of carbonyl (C=O) groups is 2. The van der Waals surface area contributed by atoms with Gasteiger partial charge >= 0.3 is 5.97 Å². The molecule has 20 heavy (non-hydrogen) atoms. The number of ether oxygens (including phenoxy) is 1. The molecule has 2 rings (SSSR count). The van der Waals surface area contributed by atoms with Crippen molar-refractivity contribution in [2.45, 2.75) is 16.9 Å². The molecule has 2 N–H and O–H groups in total. The number of hydrogen-bond donors (Lipinski definition) is 2. The van der Waals surface area contributed by atoms with E-state index < -0.39 is 23.2 Å². The summed E-state index contributed by atoms with van der Waals surface area (Å²) >= 11 is 1.03. The molecule has 1 aromatic carbocycles. The van der Waals surface area contributed by atoms with Crippen LogP contribution in [0.15, 0.2) is 29.2 Å². The Balaban J connectivity index is 1.92. The van der Waals surface area contributed by atoms with Crippen molar-refractivity contribution in [3.63, 3.8) is 0 Å². The van der Waals surface area contributed by atoms with Crippen LogP contribution in [0.4, 0.5) is 4.39 Å². The summed E-state index contributed by atoms with van der Waals surface area (Å²) in [5, 5.41) is 11.7. The number of amides is 1. The van der Waals surface area contributed by atoms with E-state index in [0.717, 1.165) is 11.8 Å². The molecule has 108 valence electrons. The monoisotopic (exact) mass is 299 g/mol. The lowest BCUT2D eigenvalue weighted by Crippen LogP contribution is -2.55. The predicted molar refractivity (Wildman–Crippen MR) is 71.1 cm³/mol. The van der Waals surface area contributed by atoms with E-state index in [1.54, 1.807) is 18.2 Å². The molecule has 0 spiro atoms. The Hall–Kier alpha value is -1.60. The second kappa shape index (κ2) is 6.23. The van der Waals surface area contributed by atoms with Gasteiger partial charge in [-0.15, -0.1) is 11.8 Å². The van der Waals surface area contributed by atoms with Crippen molar-refractivity contribution in [3.05, 3.63) is 30.1 Å². The van der Waals surface area contributed by atoms with E-state index in [4.69, 9.17) is 4.74 Å². The van der Waals surface area contributed by atoms with Gasteiger partial charge in [-0.05, 0) is 12.1 Å². The fraction of sp³-hybridized carbons (Fsp3) is 0.385. The molecular weight excluding hydrogens is 285 g/mol. The van der Waals surface area contributed by atoms with Crippen molar-refractivity contribution in [2.75, 3.05) is 19.0 Å². The highest BCUT2D eigenvalue weighted by Gasteiger charge is 2.43. The second-order valence-corrected chi connectivity index (χ2v) is 5.47. The second-order valence-electron chi connectivity index (χ2n) is 4.46. The molecule has 1 fully saturated rings. The smallest absolute Gasteiger partial charge is 0.331 e. The van der Waals surface area contributed by atoms with Crippen LogP contribution in [0.2, 0.25) is 0 Å². The van der Waals surface area contributed by atoms with Crippen molar-refractivity contribution in [2.24, 2.45) is 0 Å². The van der Waals surface area contributed by atoms with Crippen LogP contribution in [0, 0.1) is 5.82 Å². The minimum atomic E-state index is -1.35. The maximum absolute atomic E-state index is 13.4. The van der Waals surface area contributed by atoms with Crippen molar-refractivity contribution in [1.82, 2.24) is 5.32 Å². The zero-order chi connectivity index (χ0) is 14.6. The van der Waals surface area contributed by atoms with E-state index in [1.165, 1.54) is 6.07 Å². The minimum Gasteiger partial charge on any atom is -0.479 e. The number of carboxylic acid groups (broad SMARTS) is 1. The van der Waals surface area contributed by atoms with E-state index in [9.17, 15) is 19.1 Å². The first kappa shape index (κ1) is 14.8. The number of benzene rings is 1. The third kappa shape index (κ3) is 3.29. The van der Waals surface area contributed by atoms with Crippen LogP contribution in [-0.2, 0) is 14.3 Å². The zero-order valence-electron chi connectivity index (χ0n) is 10.6. The topological polar surface area (TPSA) is 75.6 Å². The lowest BCUT2D eigenvalue weighted by molar-refractivity contribution is -0.147. The van der Waals surface area contributed by atoms with Crippen molar-refractivity contribution in [3.8, 4) is 0 Å². The van der Waals surface area contributed by atoms with Gasteiger partial charge in [0, 0.05) is 17.9 Å². The number of rotatable bonds is 5. The number of halogens is 1. The van der Waals surface area contributed by atoms with Crippen LogP contribution in [0.3, 0.4) is 0 Å². The van der Waals surface area contributed by atoms with Crippen LogP contribution >= 0.6 is 11.8 Å². The SMILES string of the molecule is O=C(CSc1ccccc1F)NC1(C(=O)O)CCOC1. The summed E-state index contributed by atoms with van der Waals surface area (Å²) in [7, 11) is 0. The van der Waals surface area contributed by atoms with E-state index in [2.05, 4.69) is 5.32 Å². The van der Waals surface area contributed by atoms with Gasteiger partial charge in [0.05, 0.1) is 12.4 Å². The first-order chi connectivity index (χ1) is 9.53. The molecule has 1 aliphatic heterocycles. The maximum atomic E-state index is 13.4. The van der Waals surface area contributed by atoms with Gasteiger partial charge in [-0.3, -0.25) is 4.79 Å². The molecule has 5 nitrogen and oxygen atoms in total. The van der Waals surface area contributed by atoms with Gasteiger partial charge in [-0.2, -0.15) is 0 Å². The van der Waals surface area contributed by atoms with Gasteiger partial charge in [0.1, 0.15) is 5.82 Å². The molecule has 1 aliphatic rings. The predicted octanol–water partition coefficient (Wildman–Crippen LogP) is 1.28. The first-order valence-corrected chi connectivity index (χ1v) is 7.01. The summed E-state index contributed by atoms with van der Waals surface area (Å²) in [5.74, 6) is -2.01. The van der Waals surface area contributed by atoms with E-state index in [1.807, 2.05) is 0 Å². The van der Waals surface area contributed by atoms with Crippen LogP contribution in [-0.4, -0.2) is 41.5 Å². The van der Waals surface area contributed by atoms with Crippen LogP contribution in [0.5, 0.6) is 0 Å². The average Bonchev–Trinajstić information content (AvgIpc) is 2.88. The Kier molecular flexibility index (Phi) is 4.61. The lowest BCUT2D eigenvalue weighted by Gasteiger charge is -2.23. The Morgan fingerprint density at radius 2 is 2.20 bits per heavy atom. The summed E-state index contributed by atoms with van der Waals surface area (Å²) in [4.78, 5) is 23.4. The van der Waals surface area contributed by atoms with E-state index in [-0.39, 0.29) is 18.8 Å². The molecule has 0 bridgehead atoms. The molecular formula is C13H14FNO4S. The summed E-state index contributed by atoms with van der Waals surface area (Å²) < 4.78 is 18.4. The van der Waals surface area contributed by atoms with Crippen LogP contribution < -0.4 is 5.32 Å². The van der Waals surface area contributed by atoms with Crippen molar-refractivity contribution < 1.29 is 23.8 Å². The highest BCUT2D eigenvalue weighted by Crippen LogP contribution is 2.22. The minimum absolute atomic E-state index is 0.0432. The fourth-order valence-corrected chi connectivity index (χ4v) is 2.63. The molecule has 1 aromatic rings. The molecule has 1 saturated heterocycles. The third-order valence-corrected chi connectivity index (χ3v) is 4.05. The fourth-order valence-electron chi connectivity index (χ4n) is 1.89. The first-order valence-electron chi connectivity index (χ1n) is 6.03. The number of aliphatic carboxylic acids is 1. The number of thioether (sulfide) groups is 1. The maximum Gasteiger partial charge on any atom is 0.331 e. The molecule has 7 heteroatoms. The van der Waals surface area contributed by atoms with Crippen LogP contribution in [0.25, 0.3) is 0 Å². The van der Waals surface area contributed by atoms with Crippen LogP contribution in [0.1, 0.15) is 6.42 Å². The molecule has 0 aromatic heterocycles. The summed E-state index contributed by atoms with van der Waals surface area (Å²) in [6.45, 7) is 0.255. The zero-order valence-corrected chi connectivity index (χ0v) is 11.4. The highest BCUT2D eigenvalue weighted by atomic mass is 32.2. The standard InChI is InChI=1S/C13H14FNO4S/c14-9-3-1-2-4-10(9)20-7-11(16)15-13(12(17)18)5-6-19-8-13/h1-4H,5-8H2,(H,15,16)(H,17,18). The Morgan fingerprint density at radius 1 is 1.45 bits per heavy atom. The number of carboxylic acids is 1. The summed E-state index contributed by atoms with van der Waals surface area (Å²) in [6.07, 6.45) is 0.235.